The molecule has 1 aliphatic rings. The molecule has 1 heterocycles. The van der Waals surface area contributed by atoms with Gasteiger partial charge in [0.05, 0.1) is 4.88 Å². The second kappa shape index (κ2) is 6.77. The van der Waals surface area contributed by atoms with Crippen LogP contribution in [-0.4, -0.2) is 29.1 Å². The Bertz CT molecular complexity index is 662. The Morgan fingerprint density at radius 3 is 2.82 bits per heavy atom. The van der Waals surface area contributed by atoms with Crippen LogP contribution in [0.4, 0.5) is 0 Å². The van der Waals surface area contributed by atoms with Gasteiger partial charge in [-0.2, -0.15) is 0 Å². The summed E-state index contributed by atoms with van der Waals surface area (Å²) in [5.74, 6) is -0.443. The Kier molecular flexibility index (Phi) is 4.76. The fourth-order valence-electron chi connectivity index (χ4n) is 3.30. The van der Waals surface area contributed by atoms with Gasteiger partial charge in [-0.05, 0) is 49.0 Å². The molecule has 2 aromatic rings. The maximum atomic E-state index is 11.5. The van der Waals surface area contributed by atoms with E-state index in [9.17, 15) is 4.79 Å². The van der Waals surface area contributed by atoms with E-state index in [4.69, 9.17) is 5.21 Å². The van der Waals surface area contributed by atoms with Crippen molar-refractivity contribution in [3.63, 3.8) is 0 Å². The minimum Gasteiger partial charge on any atom is -0.299 e. The molecule has 0 aliphatic heterocycles. The summed E-state index contributed by atoms with van der Waals surface area (Å²) in [4.78, 5) is 14.5. The molecule has 2 N–H and O–H groups in total. The first-order valence-corrected chi connectivity index (χ1v) is 8.66. The minimum atomic E-state index is -0.443. The molecule has 5 heteroatoms. The number of rotatable bonds is 4. The van der Waals surface area contributed by atoms with Crippen LogP contribution in [0.2, 0.25) is 0 Å². The van der Waals surface area contributed by atoms with Crippen LogP contribution in [0, 0.1) is 0 Å². The first-order chi connectivity index (χ1) is 10.7. The summed E-state index contributed by atoms with van der Waals surface area (Å²) in [5, 5.41) is 9.80. The van der Waals surface area contributed by atoms with Crippen LogP contribution < -0.4 is 5.48 Å². The molecule has 22 heavy (non-hydrogen) atoms. The van der Waals surface area contributed by atoms with Crippen molar-refractivity contribution in [1.29, 1.82) is 0 Å². The highest BCUT2D eigenvalue weighted by Gasteiger charge is 2.18. The van der Waals surface area contributed by atoms with Gasteiger partial charge in [0.2, 0.25) is 0 Å². The van der Waals surface area contributed by atoms with Crippen LogP contribution in [0.15, 0.2) is 24.3 Å². The third-order valence-electron chi connectivity index (χ3n) is 4.54. The molecule has 0 unspecified atom stereocenters. The van der Waals surface area contributed by atoms with E-state index in [0.717, 1.165) is 16.6 Å². The first kappa shape index (κ1) is 15.5. The first-order valence-electron chi connectivity index (χ1n) is 7.84. The van der Waals surface area contributed by atoms with Gasteiger partial charge < -0.3 is 0 Å². The van der Waals surface area contributed by atoms with Gasteiger partial charge in [-0.15, -0.1) is 11.3 Å². The number of thiophene rings is 1. The molecule has 1 fully saturated rings. The number of hydroxylamine groups is 1. The minimum absolute atomic E-state index is 0.443. The van der Waals surface area contributed by atoms with Gasteiger partial charge in [0.25, 0.3) is 5.91 Å². The maximum Gasteiger partial charge on any atom is 0.284 e. The fraction of sp³-hybridized carbons (Fsp3) is 0.471. The smallest absolute Gasteiger partial charge is 0.284 e. The number of nitrogens with one attached hydrogen (secondary N) is 1. The topological polar surface area (TPSA) is 52.6 Å². The van der Waals surface area contributed by atoms with E-state index in [2.05, 4.69) is 30.1 Å². The third kappa shape index (κ3) is 3.32. The van der Waals surface area contributed by atoms with Crippen molar-refractivity contribution in [3.8, 4) is 0 Å². The maximum absolute atomic E-state index is 11.5. The molecule has 1 aromatic carbocycles. The Labute approximate surface area is 134 Å². The average molecular weight is 318 g/mol. The number of amides is 1. The molecule has 0 radical (unpaired) electrons. The molecule has 1 amide bonds. The van der Waals surface area contributed by atoms with Gasteiger partial charge in [-0.3, -0.25) is 14.9 Å². The number of carbonyl (C=O) groups excluding carboxylic acids is 1. The standard InChI is InChI=1S/C17H22N2O2S/c1-19(14-5-3-2-4-6-14)11-12-7-8-15-13(9-12)10-16(22-15)17(20)18-21/h7-10,14,21H,2-6,11H2,1H3,(H,18,20). The molecule has 3 rings (SSSR count). The normalized spacial score (nSPS) is 16.3. The monoisotopic (exact) mass is 318 g/mol. The highest BCUT2D eigenvalue weighted by atomic mass is 32.1. The molecular formula is C17H22N2O2S. The van der Waals surface area contributed by atoms with Gasteiger partial charge in [-0.1, -0.05) is 25.3 Å². The fourth-order valence-corrected chi connectivity index (χ4v) is 4.23. The van der Waals surface area contributed by atoms with E-state index >= 15 is 0 Å². The quantitative estimate of drug-likeness (QED) is 0.666. The molecule has 1 aliphatic carbocycles. The van der Waals surface area contributed by atoms with E-state index in [-0.39, 0.29) is 0 Å². The van der Waals surface area contributed by atoms with E-state index in [1.54, 1.807) is 5.48 Å². The molecule has 0 bridgehead atoms. The average Bonchev–Trinajstić information content (AvgIpc) is 2.98. The summed E-state index contributed by atoms with van der Waals surface area (Å²) in [5.41, 5.74) is 2.97. The largest absolute Gasteiger partial charge is 0.299 e. The highest BCUT2D eigenvalue weighted by molar-refractivity contribution is 7.20. The van der Waals surface area contributed by atoms with Crippen molar-refractivity contribution in [2.24, 2.45) is 0 Å². The Morgan fingerprint density at radius 1 is 1.32 bits per heavy atom. The van der Waals surface area contributed by atoms with Gasteiger partial charge in [-0.25, -0.2) is 5.48 Å². The number of hydrogen-bond donors (Lipinski definition) is 2. The number of nitrogens with zero attached hydrogens (tertiary/aromatic N) is 1. The van der Waals surface area contributed by atoms with Crippen molar-refractivity contribution >= 4 is 27.3 Å². The summed E-state index contributed by atoms with van der Waals surface area (Å²) in [7, 11) is 2.21. The number of fused-ring (bicyclic) bond motifs is 1. The summed E-state index contributed by atoms with van der Waals surface area (Å²) >= 11 is 1.40. The third-order valence-corrected chi connectivity index (χ3v) is 5.65. The highest BCUT2D eigenvalue weighted by Crippen LogP contribution is 2.28. The van der Waals surface area contributed by atoms with E-state index in [1.165, 1.54) is 49.0 Å². The molecule has 0 saturated heterocycles. The van der Waals surface area contributed by atoms with Crippen molar-refractivity contribution < 1.29 is 10.0 Å². The van der Waals surface area contributed by atoms with E-state index in [1.807, 2.05) is 6.07 Å². The summed E-state index contributed by atoms with van der Waals surface area (Å²) in [6.07, 6.45) is 6.67. The van der Waals surface area contributed by atoms with Crippen LogP contribution in [0.25, 0.3) is 10.1 Å². The van der Waals surface area contributed by atoms with Crippen molar-refractivity contribution in [2.75, 3.05) is 7.05 Å². The predicted molar refractivity (Wildman–Crippen MR) is 89.4 cm³/mol. The Balaban J connectivity index is 1.75. The van der Waals surface area contributed by atoms with Crippen molar-refractivity contribution in [3.05, 3.63) is 34.7 Å². The van der Waals surface area contributed by atoms with Gasteiger partial charge in [0.1, 0.15) is 0 Å². The van der Waals surface area contributed by atoms with Gasteiger partial charge in [0.15, 0.2) is 0 Å². The summed E-state index contributed by atoms with van der Waals surface area (Å²) < 4.78 is 1.07. The zero-order valence-electron chi connectivity index (χ0n) is 12.8. The lowest BCUT2D eigenvalue weighted by molar-refractivity contribution is 0.0711. The van der Waals surface area contributed by atoms with Crippen molar-refractivity contribution in [1.82, 2.24) is 10.4 Å². The molecule has 1 aromatic heterocycles. The van der Waals surface area contributed by atoms with Crippen LogP contribution in [-0.2, 0) is 6.54 Å². The molecule has 4 nitrogen and oxygen atoms in total. The molecule has 118 valence electrons. The lowest BCUT2D eigenvalue weighted by Gasteiger charge is -2.31. The van der Waals surface area contributed by atoms with Crippen LogP contribution in [0.5, 0.6) is 0 Å². The molecular weight excluding hydrogens is 296 g/mol. The van der Waals surface area contributed by atoms with Crippen LogP contribution >= 0.6 is 11.3 Å². The zero-order valence-corrected chi connectivity index (χ0v) is 13.7. The van der Waals surface area contributed by atoms with E-state index < -0.39 is 5.91 Å². The number of hydrogen-bond acceptors (Lipinski definition) is 4. The van der Waals surface area contributed by atoms with Gasteiger partial charge >= 0.3 is 0 Å². The predicted octanol–water partition coefficient (Wildman–Crippen LogP) is 3.78. The number of carbonyl (C=O) groups is 1. The molecule has 0 spiro atoms. The van der Waals surface area contributed by atoms with Crippen LogP contribution in [0.1, 0.15) is 47.3 Å². The van der Waals surface area contributed by atoms with Crippen molar-refractivity contribution in [2.45, 2.75) is 44.7 Å². The van der Waals surface area contributed by atoms with E-state index in [0.29, 0.717) is 10.9 Å². The second-order valence-corrected chi connectivity index (χ2v) is 7.21. The SMILES string of the molecule is CN(Cc1ccc2sc(C(=O)NO)cc2c1)C1CCCCC1. The molecule has 0 atom stereocenters. The van der Waals surface area contributed by atoms with Crippen LogP contribution in [0.3, 0.4) is 0 Å². The summed E-state index contributed by atoms with van der Waals surface area (Å²) in [6, 6.07) is 8.90. The molecule has 1 saturated carbocycles. The number of benzene rings is 1. The Morgan fingerprint density at radius 2 is 2.09 bits per heavy atom. The lowest BCUT2D eigenvalue weighted by Crippen LogP contribution is -2.32. The Hall–Kier alpha value is -1.43. The van der Waals surface area contributed by atoms with Gasteiger partial charge in [0, 0.05) is 17.3 Å². The lowest BCUT2D eigenvalue weighted by atomic mass is 9.94. The second-order valence-electron chi connectivity index (χ2n) is 6.13. The summed E-state index contributed by atoms with van der Waals surface area (Å²) in [6.45, 7) is 0.942. The zero-order chi connectivity index (χ0) is 15.5.